The molecule has 0 rings (SSSR count). The highest BCUT2D eigenvalue weighted by atomic mass is 79.9. The highest BCUT2D eigenvalue weighted by molar-refractivity contribution is 4.47. The summed E-state index contributed by atoms with van der Waals surface area (Å²) in [7, 11) is 6.81. The molecule has 0 unspecified atom stereocenters. The smallest absolute Gasteiger partial charge is 0.0780 e. The minimum absolute atomic E-state index is 0. The Morgan fingerprint density at radius 3 is 1.44 bits per heavy atom. The molecule has 0 atom stereocenters. The Morgan fingerprint density at radius 2 is 1.06 bits per heavy atom. The van der Waals surface area contributed by atoms with Gasteiger partial charge in [-0.3, -0.25) is 0 Å². The van der Waals surface area contributed by atoms with Gasteiger partial charge in [0.15, 0.2) is 0 Å². The molecule has 2 N–H and O–H groups in total. The van der Waals surface area contributed by atoms with E-state index < -0.39 is 0 Å². The van der Waals surface area contributed by atoms with Gasteiger partial charge in [0.25, 0.3) is 0 Å². The molecule has 0 spiro atoms. The standard InChI is InChI=1S/C13H31N2.BrH/c1-15(2,3)13-11-9-7-5-4-6-8-10-12-14;/h4-14H2,1-3H3;1H/q+1;/p-1. The normalized spacial score (nSPS) is 11.2. The average molecular weight is 295 g/mol. The van der Waals surface area contributed by atoms with Crippen LogP contribution in [-0.4, -0.2) is 38.7 Å². The molecule has 0 amide bonds. The minimum Gasteiger partial charge on any atom is -1.00 e. The molecule has 100 valence electrons. The molecule has 3 heteroatoms. The SMILES string of the molecule is C[N+](C)(C)CCCCCCCCCCN.[Br-]. The molecule has 16 heavy (non-hydrogen) atoms. The average Bonchev–Trinajstić information content (AvgIpc) is 2.14. The Balaban J connectivity index is 0. The molecule has 0 aliphatic heterocycles. The predicted molar refractivity (Wildman–Crippen MR) is 68.9 cm³/mol. The van der Waals surface area contributed by atoms with Gasteiger partial charge in [-0.2, -0.15) is 0 Å². The fourth-order valence-corrected chi connectivity index (χ4v) is 1.79. The molecule has 0 saturated carbocycles. The van der Waals surface area contributed by atoms with Gasteiger partial charge in [0.2, 0.25) is 0 Å². The molecule has 0 aromatic heterocycles. The Labute approximate surface area is 113 Å². The number of quaternary nitrogens is 1. The lowest BCUT2D eigenvalue weighted by molar-refractivity contribution is -0.870. The van der Waals surface area contributed by atoms with Crippen molar-refractivity contribution in [3.05, 3.63) is 0 Å². The molecule has 0 aromatic rings. The second-order valence-corrected chi connectivity index (χ2v) is 5.63. The monoisotopic (exact) mass is 294 g/mol. The lowest BCUT2D eigenvalue weighted by Crippen LogP contribution is -3.00. The van der Waals surface area contributed by atoms with E-state index in [-0.39, 0.29) is 17.0 Å². The van der Waals surface area contributed by atoms with Crippen molar-refractivity contribution in [2.45, 2.75) is 51.4 Å². The molecule has 0 fully saturated rings. The first-order chi connectivity index (χ1) is 7.06. The van der Waals surface area contributed by atoms with Crippen molar-refractivity contribution in [1.29, 1.82) is 0 Å². The Morgan fingerprint density at radius 1 is 0.688 bits per heavy atom. The fourth-order valence-electron chi connectivity index (χ4n) is 1.79. The fraction of sp³-hybridized carbons (Fsp3) is 1.00. The van der Waals surface area contributed by atoms with Crippen molar-refractivity contribution in [2.24, 2.45) is 5.73 Å². The van der Waals surface area contributed by atoms with Crippen molar-refractivity contribution in [3.8, 4) is 0 Å². The van der Waals surface area contributed by atoms with E-state index in [4.69, 9.17) is 5.73 Å². The number of nitrogens with two attached hydrogens (primary N) is 1. The van der Waals surface area contributed by atoms with Crippen LogP contribution >= 0.6 is 0 Å². The van der Waals surface area contributed by atoms with Gasteiger partial charge >= 0.3 is 0 Å². The summed E-state index contributed by atoms with van der Waals surface area (Å²) in [6.07, 6.45) is 11.0. The molecular formula is C13H31BrN2. The van der Waals surface area contributed by atoms with Crippen LogP contribution in [0, 0.1) is 0 Å². The second-order valence-electron chi connectivity index (χ2n) is 5.63. The first kappa shape index (κ1) is 18.8. The molecule has 0 aliphatic rings. The topological polar surface area (TPSA) is 26.0 Å². The van der Waals surface area contributed by atoms with Crippen LogP contribution in [-0.2, 0) is 0 Å². The predicted octanol–water partition coefficient (Wildman–Crippen LogP) is -0.224. The van der Waals surface area contributed by atoms with E-state index in [2.05, 4.69) is 21.1 Å². The van der Waals surface area contributed by atoms with Crippen LogP contribution < -0.4 is 22.7 Å². The van der Waals surface area contributed by atoms with Crippen LogP contribution in [0.5, 0.6) is 0 Å². The molecule has 0 aromatic carbocycles. The molecule has 0 bridgehead atoms. The zero-order valence-corrected chi connectivity index (χ0v) is 13.1. The molecular weight excluding hydrogens is 264 g/mol. The number of nitrogens with zero attached hydrogens (tertiary/aromatic N) is 1. The van der Waals surface area contributed by atoms with Crippen molar-refractivity contribution in [3.63, 3.8) is 0 Å². The second kappa shape index (κ2) is 11.9. The van der Waals surface area contributed by atoms with Crippen molar-refractivity contribution >= 4 is 0 Å². The lowest BCUT2D eigenvalue weighted by Gasteiger charge is -2.23. The van der Waals surface area contributed by atoms with Crippen LogP contribution in [0.2, 0.25) is 0 Å². The number of rotatable bonds is 10. The quantitative estimate of drug-likeness (QED) is 0.437. The van der Waals surface area contributed by atoms with Gasteiger partial charge in [-0.1, -0.05) is 32.1 Å². The van der Waals surface area contributed by atoms with Crippen molar-refractivity contribution in [1.82, 2.24) is 0 Å². The maximum absolute atomic E-state index is 5.45. The number of hydrogen-bond acceptors (Lipinski definition) is 1. The zero-order valence-electron chi connectivity index (χ0n) is 11.5. The summed E-state index contributed by atoms with van der Waals surface area (Å²) in [6, 6.07) is 0. The van der Waals surface area contributed by atoms with Crippen LogP contribution in [0.25, 0.3) is 0 Å². The first-order valence-corrected chi connectivity index (χ1v) is 6.57. The first-order valence-electron chi connectivity index (χ1n) is 6.57. The van der Waals surface area contributed by atoms with Gasteiger partial charge in [-0.05, 0) is 25.8 Å². The highest BCUT2D eigenvalue weighted by Crippen LogP contribution is 2.09. The van der Waals surface area contributed by atoms with Gasteiger partial charge in [0.1, 0.15) is 0 Å². The minimum atomic E-state index is 0. The summed E-state index contributed by atoms with van der Waals surface area (Å²) in [6.45, 7) is 2.18. The molecule has 0 aliphatic carbocycles. The summed E-state index contributed by atoms with van der Waals surface area (Å²) in [5.41, 5.74) is 5.45. The lowest BCUT2D eigenvalue weighted by atomic mass is 10.1. The largest absolute Gasteiger partial charge is 1.00 e. The Bertz CT molecular complexity index is 132. The molecule has 0 heterocycles. The van der Waals surface area contributed by atoms with Gasteiger partial charge < -0.3 is 27.2 Å². The summed E-state index contributed by atoms with van der Waals surface area (Å²) in [5, 5.41) is 0. The van der Waals surface area contributed by atoms with Crippen LogP contribution in [0.3, 0.4) is 0 Å². The number of halogens is 1. The summed E-state index contributed by atoms with van der Waals surface area (Å²) >= 11 is 0. The third-order valence-electron chi connectivity index (χ3n) is 2.78. The summed E-state index contributed by atoms with van der Waals surface area (Å²) in [4.78, 5) is 0. The summed E-state index contributed by atoms with van der Waals surface area (Å²) in [5.74, 6) is 0. The van der Waals surface area contributed by atoms with E-state index in [1.807, 2.05) is 0 Å². The van der Waals surface area contributed by atoms with Crippen molar-refractivity contribution < 1.29 is 21.5 Å². The molecule has 2 nitrogen and oxygen atoms in total. The molecule has 0 radical (unpaired) electrons. The number of hydrogen-bond donors (Lipinski definition) is 1. The Hall–Kier alpha value is 0.400. The number of unbranched alkanes of at least 4 members (excludes halogenated alkanes) is 7. The highest BCUT2D eigenvalue weighted by Gasteiger charge is 2.04. The van der Waals surface area contributed by atoms with Crippen LogP contribution in [0.15, 0.2) is 0 Å². The van der Waals surface area contributed by atoms with E-state index in [1.165, 1.54) is 57.9 Å². The van der Waals surface area contributed by atoms with Crippen molar-refractivity contribution in [2.75, 3.05) is 34.2 Å². The Kier molecular flexibility index (Phi) is 13.9. The van der Waals surface area contributed by atoms with Crippen LogP contribution in [0.4, 0.5) is 0 Å². The van der Waals surface area contributed by atoms with E-state index in [0.717, 1.165) is 11.0 Å². The molecule has 0 saturated heterocycles. The summed E-state index contributed by atoms with van der Waals surface area (Å²) < 4.78 is 1.11. The maximum atomic E-state index is 5.45. The van der Waals surface area contributed by atoms with E-state index in [1.54, 1.807) is 0 Å². The van der Waals surface area contributed by atoms with Gasteiger partial charge in [0, 0.05) is 0 Å². The third kappa shape index (κ3) is 16.8. The zero-order chi connectivity index (χ0) is 11.6. The maximum Gasteiger partial charge on any atom is 0.0780 e. The third-order valence-corrected chi connectivity index (χ3v) is 2.78. The van der Waals surface area contributed by atoms with Crippen LogP contribution in [0.1, 0.15) is 51.4 Å². The van der Waals surface area contributed by atoms with Gasteiger partial charge in [-0.25, -0.2) is 0 Å². The van der Waals surface area contributed by atoms with E-state index in [9.17, 15) is 0 Å². The van der Waals surface area contributed by atoms with Gasteiger partial charge in [0.05, 0.1) is 27.7 Å². The van der Waals surface area contributed by atoms with E-state index in [0.29, 0.717) is 0 Å². The van der Waals surface area contributed by atoms with E-state index >= 15 is 0 Å². The van der Waals surface area contributed by atoms with Gasteiger partial charge in [-0.15, -0.1) is 0 Å².